The van der Waals surface area contributed by atoms with Gasteiger partial charge < -0.3 is 15.2 Å². The molecule has 0 spiro atoms. The van der Waals surface area contributed by atoms with Crippen molar-refractivity contribution in [3.63, 3.8) is 0 Å². The summed E-state index contributed by atoms with van der Waals surface area (Å²) in [7, 11) is 3.25. The molecule has 1 amide bonds. The number of methoxy groups -OCH3 is 1. The lowest BCUT2D eigenvalue weighted by atomic mass is 10.1. The Hall–Kier alpha value is -1.10. The smallest absolute Gasteiger partial charge is 0.326 e. The van der Waals surface area contributed by atoms with E-state index < -0.39 is 12.0 Å². The Bertz CT molecular complexity index is 147. The number of hydrogen-bond donors (Lipinski definition) is 2. The Morgan fingerprint density at radius 3 is 1.92 bits per heavy atom. The maximum Gasteiger partial charge on any atom is 0.326 e. The minimum Gasteiger partial charge on any atom is -0.480 e. The fourth-order valence-electron chi connectivity index (χ4n) is 0.622. The minimum absolute atomic E-state index is 0.0808. The van der Waals surface area contributed by atoms with E-state index in [2.05, 4.69) is 10.1 Å². The number of carbonyl (C=O) groups excluding carboxylic acids is 1. The largest absolute Gasteiger partial charge is 0.480 e. The van der Waals surface area contributed by atoms with Crippen LogP contribution in [0, 0.1) is 5.92 Å². The van der Waals surface area contributed by atoms with Crippen LogP contribution in [0.3, 0.4) is 0 Å². The molecule has 5 heteroatoms. The molecule has 0 aliphatic carbocycles. The van der Waals surface area contributed by atoms with E-state index in [4.69, 9.17) is 5.11 Å². The number of carbonyl (C=O) groups is 2. The van der Waals surface area contributed by atoms with Gasteiger partial charge in [-0.05, 0) is 5.92 Å². The van der Waals surface area contributed by atoms with Crippen LogP contribution in [0.15, 0.2) is 0 Å². The van der Waals surface area contributed by atoms with Crippen molar-refractivity contribution in [2.24, 2.45) is 5.92 Å². The number of nitrogens with one attached hydrogen (secondary N) is 1. The molecule has 0 radical (unpaired) electrons. The summed E-state index contributed by atoms with van der Waals surface area (Å²) in [6.07, 6.45) is 0.402. The summed E-state index contributed by atoms with van der Waals surface area (Å²) in [4.78, 5) is 20.2. The second kappa shape index (κ2) is 8.99. The fourth-order valence-corrected chi connectivity index (χ4v) is 0.622. The zero-order chi connectivity index (χ0) is 10.9. The fraction of sp³-hybridized carbons (Fsp3) is 0.750. The van der Waals surface area contributed by atoms with Crippen LogP contribution in [0.1, 0.15) is 13.8 Å². The molecular formula is C8H17NO4. The molecular weight excluding hydrogens is 174 g/mol. The SMILES string of the molecule is CC(C)C(NC=O)C(=O)O.COC. The van der Waals surface area contributed by atoms with Crippen LogP contribution in [-0.2, 0) is 14.3 Å². The Kier molecular flexibility index (Phi) is 9.98. The van der Waals surface area contributed by atoms with Crippen molar-refractivity contribution >= 4 is 12.4 Å². The van der Waals surface area contributed by atoms with Crippen molar-refractivity contribution in [2.45, 2.75) is 19.9 Å². The summed E-state index contributed by atoms with van der Waals surface area (Å²) in [6.45, 7) is 3.46. The summed E-state index contributed by atoms with van der Waals surface area (Å²) < 4.78 is 4.25. The number of ether oxygens (including phenoxy) is 1. The summed E-state index contributed by atoms with van der Waals surface area (Å²) in [5.41, 5.74) is 0. The van der Waals surface area contributed by atoms with E-state index in [-0.39, 0.29) is 5.92 Å². The minimum atomic E-state index is -0.998. The van der Waals surface area contributed by atoms with Crippen LogP contribution in [0.2, 0.25) is 0 Å². The molecule has 5 nitrogen and oxygen atoms in total. The third-order valence-corrected chi connectivity index (χ3v) is 1.18. The third kappa shape index (κ3) is 8.81. The van der Waals surface area contributed by atoms with Gasteiger partial charge in [0.2, 0.25) is 6.41 Å². The second-order valence-electron chi connectivity index (χ2n) is 2.75. The monoisotopic (exact) mass is 191 g/mol. The van der Waals surface area contributed by atoms with Gasteiger partial charge in [0.05, 0.1) is 0 Å². The molecule has 0 aliphatic rings. The molecule has 0 aromatic heterocycles. The van der Waals surface area contributed by atoms with E-state index in [1.807, 2.05) is 0 Å². The van der Waals surface area contributed by atoms with E-state index in [1.54, 1.807) is 28.1 Å². The normalized spacial score (nSPS) is 11.2. The lowest BCUT2D eigenvalue weighted by Crippen LogP contribution is -2.39. The molecule has 0 aliphatic heterocycles. The van der Waals surface area contributed by atoms with Crippen molar-refractivity contribution in [1.29, 1.82) is 0 Å². The molecule has 0 rings (SSSR count). The van der Waals surface area contributed by atoms with Crippen LogP contribution >= 0.6 is 0 Å². The highest BCUT2D eigenvalue weighted by Gasteiger charge is 2.19. The summed E-state index contributed by atoms with van der Waals surface area (Å²) in [5, 5.41) is 10.7. The van der Waals surface area contributed by atoms with E-state index in [0.29, 0.717) is 6.41 Å². The van der Waals surface area contributed by atoms with Gasteiger partial charge in [-0.2, -0.15) is 0 Å². The number of rotatable bonds is 4. The number of carboxylic acid groups (broad SMARTS) is 1. The topological polar surface area (TPSA) is 75.6 Å². The molecule has 0 saturated carbocycles. The number of carboxylic acids is 1. The van der Waals surface area contributed by atoms with Gasteiger partial charge in [0, 0.05) is 14.2 Å². The van der Waals surface area contributed by atoms with Crippen LogP contribution in [0.4, 0.5) is 0 Å². The Morgan fingerprint density at radius 2 is 1.85 bits per heavy atom. The first-order chi connectivity index (χ1) is 6.01. The maximum absolute atomic E-state index is 10.3. The first kappa shape index (κ1) is 14.4. The molecule has 13 heavy (non-hydrogen) atoms. The predicted molar refractivity (Wildman–Crippen MR) is 48.4 cm³/mol. The van der Waals surface area contributed by atoms with E-state index >= 15 is 0 Å². The molecule has 0 aromatic rings. The second-order valence-corrected chi connectivity index (χ2v) is 2.75. The molecule has 1 unspecified atom stereocenters. The summed E-state index contributed by atoms with van der Waals surface area (Å²) in [6, 6.07) is -0.766. The van der Waals surface area contributed by atoms with Crippen molar-refractivity contribution in [3.8, 4) is 0 Å². The van der Waals surface area contributed by atoms with Gasteiger partial charge in [-0.25, -0.2) is 4.79 Å². The maximum atomic E-state index is 10.3. The molecule has 0 aromatic carbocycles. The highest BCUT2D eigenvalue weighted by molar-refractivity contribution is 5.76. The van der Waals surface area contributed by atoms with Crippen LogP contribution in [0.5, 0.6) is 0 Å². The number of hydrogen-bond acceptors (Lipinski definition) is 3. The first-order valence-electron chi connectivity index (χ1n) is 3.83. The van der Waals surface area contributed by atoms with Gasteiger partial charge in [0.1, 0.15) is 6.04 Å². The lowest BCUT2D eigenvalue weighted by Gasteiger charge is -2.13. The van der Waals surface area contributed by atoms with Crippen molar-refractivity contribution in [2.75, 3.05) is 14.2 Å². The van der Waals surface area contributed by atoms with Gasteiger partial charge in [-0.3, -0.25) is 4.79 Å². The predicted octanol–water partition coefficient (Wildman–Crippen LogP) is 0.104. The highest BCUT2D eigenvalue weighted by atomic mass is 16.4. The number of amides is 1. The van der Waals surface area contributed by atoms with Crippen LogP contribution in [0.25, 0.3) is 0 Å². The molecule has 1 atom stereocenters. The standard InChI is InChI=1S/C6H11NO3.C2H6O/c1-4(2)5(6(9)10)7-3-8;1-3-2/h3-5H,1-2H3,(H,7,8)(H,9,10);1-2H3. The van der Waals surface area contributed by atoms with Gasteiger partial charge in [0.15, 0.2) is 0 Å². The van der Waals surface area contributed by atoms with Gasteiger partial charge >= 0.3 is 5.97 Å². The Morgan fingerprint density at radius 1 is 1.46 bits per heavy atom. The summed E-state index contributed by atoms with van der Waals surface area (Å²) >= 11 is 0. The molecule has 2 N–H and O–H groups in total. The molecule has 0 bridgehead atoms. The molecule has 78 valence electrons. The third-order valence-electron chi connectivity index (χ3n) is 1.18. The van der Waals surface area contributed by atoms with Gasteiger partial charge in [-0.1, -0.05) is 13.8 Å². The zero-order valence-electron chi connectivity index (χ0n) is 8.40. The molecule has 0 saturated heterocycles. The molecule has 0 heterocycles. The Balaban J connectivity index is 0. The number of aliphatic carboxylic acids is 1. The van der Waals surface area contributed by atoms with Crippen molar-refractivity contribution in [1.82, 2.24) is 5.32 Å². The Labute approximate surface area is 78.1 Å². The van der Waals surface area contributed by atoms with Gasteiger partial charge in [-0.15, -0.1) is 0 Å². The summed E-state index contributed by atoms with van der Waals surface area (Å²) in [5.74, 6) is -1.08. The van der Waals surface area contributed by atoms with E-state index in [9.17, 15) is 9.59 Å². The van der Waals surface area contributed by atoms with Crippen LogP contribution < -0.4 is 5.32 Å². The zero-order valence-corrected chi connectivity index (χ0v) is 8.40. The van der Waals surface area contributed by atoms with E-state index in [1.165, 1.54) is 0 Å². The van der Waals surface area contributed by atoms with E-state index in [0.717, 1.165) is 0 Å². The van der Waals surface area contributed by atoms with Crippen molar-refractivity contribution < 1.29 is 19.4 Å². The first-order valence-corrected chi connectivity index (χ1v) is 3.83. The van der Waals surface area contributed by atoms with Gasteiger partial charge in [0.25, 0.3) is 0 Å². The average molecular weight is 191 g/mol. The molecule has 0 fully saturated rings. The van der Waals surface area contributed by atoms with Crippen LogP contribution in [-0.4, -0.2) is 37.7 Å². The quantitative estimate of drug-likeness (QED) is 0.618. The lowest BCUT2D eigenvalue weighted by molar-refractivity contribution is -0.141. The average Bonchev–Trinajstić information content (AvgIpc) is 2.00. The highest BCUT2D eigenvalue weighted by Crippen LogP contribution is 1.99. The van der Waals surface area contributed by atoms with Crippen molar-refractivity contribution in [3.05, 3.63) is 0 Å².